The molecular formula is C16H25FN2O3S. The molecule has 0 amide bonds. The number of halogens is 1. The molecule has 2 N–H and O–H groups in total. The summed E-state index contributed by atoms with van der Waals surface area (Å²) in [6.45, 7) is 1.43. The number of likely N-dealkylation sites (tertiary alicyclic amines) is 1. The molecule has 5 nitrogen and oxygen atoms in total. The molecule has 0 bridgehead atoms. The Morgan fingerprint density at radius 2 is 2.04 bits per heavy atom. The van der Waals surface area contributed by atoms with Crippen molar-refractivity contribution in [1.82, 2.24) is 9.62 Å². The third-order valence-corrected chi connectivity index (χ3v) is 5.69. The minimum absolute atomic E-state index is 0.000422. The molecule has 0 aliphatic carbocycles. The average molecular weight is 344 g/mol. The second kappa shape index (κ2) is 8.73. The van der Waals surface area contributed by atoms with Crippen LogP contribution in [0.2, 0.25) is 0 Å². The van der Waals surface area contributed by atoms with Gasteiger partial charge in [0.25, 0.3) is 0 Å². The molecule has 2 rings (SSSR count). The average Bonchev–Trinajstić information content (AvgIpc) is 2.54. The van der Waals surface area contributed by atoms with Crippen molar-refractivity contribution in [3.05, 3.63) is 35.9 Å². The Labute approximate surface area is 137 Å². The van der Waals surface area contributed by atoms with Crippen molar-refractivity contribution < 1.29 is 17.9 Å². The van der Waals surface area contributed by atoms with Gasteiger partial charge in [-0.15, -0.1) is 0 Å². The summed E-state index contributed by atoms with van der Waals surface area (Å²) in [6.07, 6.45) is 0.735. The predicted molar refractivity (Wildman–Crippen MR) is 88.2 cm³/mol. The third-order valence-electron chi connectivity index (χ3n) is 4.20. The highest BCUT2D eigenvalue weighted by Gasteiger charge is 2.31. The van der Waals surface area contributed by atoms with Crippen LogP contribution in [0.1, 0.15) is 18.4 Å². The molecule has 0 saturated carbocycles. The number of sulfonamides is 1. The highest BCUT2D eigenvalue weighted by molar-refractivity contribution is 7.89. The molecule has 2 unspecified atom stereocenters. The van der Waals surface area contributed by atoms with E-state index in [2.05, 4.69) is 9.62 Å². The molecule has 1 heterocycles. The first kappa shape index (κ1) is 18.3. The van der Waals surface area contributed by atoms with E-state index in [4.69, 9.17) is 0 Å². The third kappa shape index (κ3) is 5.84. The molecule has 0 spiro atoms. The molecule has 1 saturated heterocycles. The van der Waals surface area contributed by atoms with Crippen LogP contribution < -0.4 is 4.72 Å². The molecule has 2 atom stereocenters. The van der Waals surface area contributed by atoms with Gasteiger partial charge in [-0.05, 0) is 24.9 Å². The molecule has 1 aliphatic heterocycles. The molecular weight excluding hydrogens is 319 g/mol. The van der Waals surface area contributed by atoms with Crippen LogP contribution in [0, 0.1) is 5.92 Å². The van der Waals surface area contributed by atoms with Crippen molar-refractivity contribution in [3.63, 3.8) is 0 Å². The van der Waals surface area contributed by atoms with E-state index in [1.807, 2.05) is 30.3 Å². The minimum atomic E-state index is -3.51. The number of hydrogen-bond acceptors (Lipinski definition) is 4. The summed E-state index contributed by atoms with van der Waals surface area (Å²) in [5, 5.41) is 9.50. The van der Waals surface area contributed by atoms with Crippen molar-refractivity contribution in [2.24, 2.45) is 5.92 Å². The summed E-state index contributed by atoms with van der Waals surface area (Å²) >= 11 is 0. The second-order valence-corrected chi connectivity index (χ2v) is 7.91. The Bertz CT molecular complexity index is 568. The van der Waals surface area contributed by atoms with E-state index in [1.165, 1.54) is 5.56 Å². The monoisotopic (exact) mass is 344 g/mol. The topological polar surface area (TPSA) is 69.6 Å². The fourth-order valence-electron chi connectivity index (χ4n) is 2.94. The zero-order valence-electron chi connectivity index (χ0n) is 13.2. The fraction of sp³-hybridized carbons (Fsp3) is 0.625. The first-order valence-electron chi connectivity index (χ1n) is 7.97. The highest BCUT2D eigenvalue weighted by Crippen LogP contribution is 2.20. The Morgan fingerprint density at radius 1 is 1.30 bits per heavy atom. The van der Waals surface area contributed by atoms with E-state index in [0.717, 1.165) is 19.5 Å². The van der Waals surface area contributed by atoms with Crippen LogP contribution in [0.5, 0.6) is 0 Å². The molecule has 1 aromatic rings. The summed E-state index contributed by atoms with van der Waals surface area (Å²) in [5.74, 6) is -0.307. The number of nitrogens with zero attached hydrogens (tertiary/aromatic N) is 1. The molecule has 1 fully saturated rings. The van der Waals surface area contributed by atoms with E-state index in [1.54, 1.807) is 0 Å². The van der Waals surface area contributed by atoms with E-state index < -0.39 is 16.7 Å². The van der Waals surface area contributed by atoms with Gasteiger partial charge >= 0.3 is 0 Å². The number of rotatable bonds is 8. The molecule has 7 heteroatoms. The zero-order chi connectivity index (χ0) is 16.7. The number of aliphatic hydroxyl groups is 1. The quantitative estimate of drug-likeness (QED) is 0.742. The number of benzene rings is 1. The van der Waals surface area contributed by atoms with Gasteiger partial charge in [0.15, 0.2) is 0 Å². The van der Waals surface area contributed by atoms with Crippen LogP contribution in [0.3, 0.4) is 0 Å². The number of nitrogens with one attached hydrogen (secondary N) is 1. The maximum Gasteiger partial charge on any atom is 0.211 e. The summed E-state index contributed by atoms with van der Waals surface area (Å²) in [6, 6.07) is 9.67. The van der Waals surface area contributed by atoms with Crippen molar-refractivity contribution in [1.29, 1.82) is 0 Å². The Kier molecular flexibility index (Phi) is 6.95. The number of aliphatic hydroxyl groups excluding tert-OH is 1. The van der Waals surface area contributed by atoms with Gasteiger partial charge in [0.05, 0.1) is 12.4 Å². The second-order valence-electron chi connectivity index (χ2n) is 6.04. The number of hydrogen-bond donors (Lipinski definition) is 2. The molecule has 1 aromatic carbocycles. The van der Waals surface area contributed by atoms with Crippen molar-refractivity contribution in [2.75, 3.05) is 32.1 Å². The maximum absolute atomic E-state index is 12.2. The van der Waals surface area contributed by atoms with Crippen LogP contribution in [0.25, 0.3) is 0 Å². The zero-order valence-corrected chi connectivity index (χ0v) is 14.0. The van der Waals surface area contributed by atoms with Crippen molar-refractivity contribution in [3.8, 4) is 0 Å². The fourth-order valence-corrected chi connectivity index (χ4v) is 4.27. The molecule has 1 aliphatic rings. The SMILES string of the molecule is O=S(=O)(CCCF)NC1CN(Cc2ccccc2)CCC1CO. The van der Waals surface area contributed by atoms with Gasteiger partial charge < -0.3 is 5.11 Å². The van der Waals surface area contributed by atoms with E-state index in [0.29, 0.717) is 6.54 Å². The van der Waals surface area contributed by atoms with Gasteiger partial charge in [0.1, 0.15) is 0 Å². The lowest BCUT2D eigenvalue weighted by Gasteiger charge is -2.38. The van der Waals surface area contributed by atoms with Crippen LogP contribution in [0.15, 0.2) is 30.3 Å². The lowest BCUT2D eigenvalue weighted by molar-refractivity contribution is 0.101. The standard InChI is InChI=1S/C16H25FN2O3S/c17-8-4-10-23(21,22)18-16-12-19(9-7-15(16)13-20)11-14-5-2-1-3-6-14/h1-3,5-6,15-16,18,20H,4,7-13H2. The molecule has 130 valence electrons. The van der Waals surface area contributed by atoms with E-state index in [9.17, 15) is 17.9 Å². The van der Waals surface area contributed by atoms with E-state index >= 15 is 0 Å². The smallest absolute Gasteiger partial charge is 0.211 e. The first-order valence-corrected chi connectivity index (χ1v) is 9.62. The van der Waals surface area contributed by atoms with Gasteiger partial charge in [0, 0.05) is 31.7 Å². The normalized spacial score (nSPS) is 23.0. The predicted octanol–water partition coefficient (Wildman–Crippen LogP) is 1.15. The maximum atomic E-state index is 12.2. The summed E-state index contributed by atoms with van der Waals surface area (Å²) in [4.78, 5) is 2.18. The summed E-state index contributed by atoms with van der Waals surface area (Å²) in [7, 11) is -3.51. The lowest BCUT2D eigenvalue weighted by Crippen LogP contribution is -2.53. The largest absolute Gasteiger partial charge is 0.396 e. The highest BCUT2D eigenvalue weighted by atomic mass is 32.2. The van der Waals surface area contributed by atoms with Crippen molar-refractivity contribution in [2.45, 2.75) is 25.4 Å². The first-order chi connectivity index (χ1) is 11.0. The lowest BCUT2D eigenvalue weighted by atomic mass is 9.93. The van der Waals surface area contributed by atoms with Gasteiger partial charge in [0.2, 0.25) is 10.0 Å². The Balaban J connectivity index is 1.98. The van der Waals surface area contributed by atoms with Crippen LogP contribution in [-0.4, -0.2) is 56.6 Å². The molecule has 23 heavy (non-hydrogen) atoms. The van der Waals surface area contributed by atoms with Crippen LogP contribution >= 0.6 is 0 Å². The van der Waals surface area contributed by atoms with Crippen LogP contribution in [-0.2, 0) is 16.6 Å². The van der Waals surface area contributed by atoms with Crippen molar-refractivity contribution >= 4 is 10.0 Å². The van der Waals surface area contributed by atoms with Gasteiger partial charge in [-0.3, -0.25) is 9.29 Å². The summed E-state index contributed by atoms with van der Waals surface area (Å²) in [5.41, 5.74) is 1.17. The molecule has 0 radical (unpaired) electrons. The van der Waals surface area contributed by atoms with E-state index in [-0.39, 0.29) is 30.7 Å². The van der Waals surface area contributed by atoms with Gasteiger partial charge in [-0.25, -0.2) is 13.1 Å². The Morgan fingerprint density at radius 3 is 2.70 bits per heavy atom. The van der Waals surface area contributed by atoms with Gasteiger partial charge in [-0.1, -0.05) is 30.3 Å². The number of alkyl halides is 1. The minimum Gasteiger partial charge on any atom is -0.396 e. The number of piperidine rings is 1. The Hall–Kier alpha value is -1.02. The van der Waals surface area contributed by atoms with Gasteiger partial charge in [-0.2, -0.15) is 0 Å². The summed E-state index contributed by atoms with van der Waals surface area (Å²) < 4.78 is 38.9. The molecule has 0 aromatic heterocycles. The van der Waals surface area contributed by atoms with Crippen LogP contribution in [0.4, 0.5) is 4.39 Å².